The number of hydrogen-bond donors (Lipinski definition) is 1. The summed E-state index contributed by atoms with van der Waals surface area (Å²) < 4.78 is 5.88. The molecule has 136 valence electrons. The van der Waals surface area contributed by atoms with Gasteiger partial charge in [-0.15, -0.1) is 0 Å². The minimum Gasteiger partial charge on any atom is -0.494 e. The van der Waals surface area contributed by atoms with E-state index < -0.39 is 0 Å². The van der Waals surface area contributed by atoms with E-state index in [1.165, 1.54) is 19.4 Å². The van der Waals surface area contributed by atoms with Crippen molar-refractivity contribution in [1.82, 2.24) is 10.3 Å². The van der Waals surface area contributed by atoms with Crippen LogP contribution in [0.4, 0.5) is 0 Å². The molecule has 0 spiro atoms. The summed E-state index contributed by atoms with van der Waals surface area (Å²) in [5, 5.41) is 4.23. The highest BCUT2D eigenvalue weighted by Gasteiger charge is 2.37. The van der Waals surface area contributed by atoms with Crippen molar-refractivity contribution in [3.8, 4) is 5.75 Å². The predicted octanol–water partition coefficient (Wildman–Crippen LogP) is 3.05. The molecule has 1 aliphatic heterocycles. The third-order valence-electron chi connectivity index (χ3n) is 5.40. The summed E-state index contributed by atoms with van der Waals surface area (Å²) in [5.74, 6) is 1.97. The second kappa shape index (κ2) is 8.48. The maximum atomic E-state index is 10.5. The Hall–Kier alpha value is -1.88. The van der Waals surface area contributed by atoms with E-state index in [0.717, 1.165) is 49.1 Å². The Balaban J connectivity index is 1.48. The van der Waals surface area contributed by atoms with E-state index in [0.29, 0.717) is 18.2 Å². The van der Waals surface area contributed by atoms with Crippen LogP contribution in [-0.2, 0) is 4.79 Å². The number of carbonyl (C=O) groups excluding carboxylic acids is 1. The van der Waals surface area contributed by atoms with Crippen molar-refractivity contribution in [2.75, 3.05) is 19.7 Å². The molecule has 1 heterocycles. The minimum absolute atomic E-state index is 0.446. The first-order valence-electron chi connectivity index (χ1n) is 9.43. The molecule has 1 aromatic rings. The Bertz CT molecular complexity index is 599. The lowest BCUT2D eigenvalue weighted by Crippen LogP contribution is -2.28. The fourth-order valence-corrected chi connectivity index (χ4v) is 3.67. The lowest BCUT2D eigenvalue weighted by atomic mass is 10.1. The zero-order chi connectivity index (χ0) is 17.6. The van der Waals surface area contributed by atoms with Crippen LogP contribution in [0.15, 0.2) is 29.4 Å². The molecule has 2 aliphatic rings. The van der Waals surface area contributed by atoms with Crippen LogP contribution < -0.4 is 10.2 Å². The molecule has 5 nitrogen and oxygen atoms in total. The average Bonchev–Trinajstić information content (AvgIpc) is 3.19. The number of hydrogen-bond acceptors (Lipinski definition) is 4. The molecule has 0 aromatic heterocycles. The maximum Gasteiger partial charge on any atom is 0.227 e. The van der Waals surface area contributed by atoms with Gasteiger partial charge in [-0.25, -0.2) is 5.43 Å². The Morgan fingerprint density at radius 2 is 2.12 bits per heavy atom. The van der Waals surface area contributed by atoms with Crippen molar-refractivity contribution in [2.45, 2.75) is 45.6 Å². The Labute approximate surface area is 150 Å². The number of amides is 1. The number of nitrogens with zero attached hydrogens (tertiary/aromatic N) is 2. The predicted molar refractivity (Wildman–Crippen MR) is 99.8 cm³/mol. The molecule has 1 amide bonds. The van der Waals surface area contributed by atoms with Gasteiger partial charge in [-0.3, -0.25) is 4.79 Å². The number of carbonyl (C=O) groups is 1. The van der Waals surface area contributed by atoms with Crippen molar-refractivity contribution in [2.24, 2.45) is 16.9 Å². The highest BCUT2D eigenvalue weighted by Crippen LogP contribution is 2.40. The van der Waals surface area contributed by atoms with Gasteiger partial charge in [-0.2, -0.15) is 5.10 Å². The van der Waals surface area contributed by atoms with Gasteiger partial charge in [0.1, 0.15) is 5.75 Å². The van der Waals surface area contributed by atoms with E-state index in [4.69, 9.17) is 4.74 Å². The monoisotopic (exact) mass is 343 g/mol. The summed E-state index contributed by atoms with van der Waals surface area (Å²) in [5.41, 5.74) is 4.47. The summed E-state index contributed by atoms with van der Waals surface area (Å²) in [4.78, 5) is 13.1. The zero-order valence-corrected chi connectivity index (χ0v) is 15.3. The lowest BCUT2D eigenvalue weighted by molar-refractivity contribution is -0.109. The second-order valence-corrected chi connectivity index (χ2v) is 7.32. The van der Waals surface area contributed by atoms with Crippen molar-refractivity contribution in [3.05, 3.63) is 29.8 Å². The summed E-state index contributed by atoms with van der Waals surface area (Å²) in [6.45, 7) is 7.61. The van der Waals surface area contributed by atoms with Crippen LogP contribution in [0.5, 0.6) is 5.75 Å². The fourth-order valence-electron chi connectivity index (χ4n) is 3.67. The Kier molecular flexibility index (Phi) is 6.08. The molecule has 2 unspecified atom stereocenters. The largest absolute Gasteiger partial charge is 0.494 e. The van der Waals surface area contributed by atoms with Gasteiger partial charge < -0.3 is 9.64 Å². The maximum absolute atomic E-state index is 10.5. The van der Waals surface area contributed by atoms with E-state index in [1.807, 2.05) is 24.3 Å². The SMILES string of the molecule is CC1CC1/C(=N\NC=O)c1ccc(OCCCN2CCC[C@H]2C)cc1. The molecule has 3 rings (SSSR count). The summed E-state index contributed by atoms with van der Waals surface area (Å²) in [7, 11) is 0. The van der Waals surface area contributed by atoms with Crippen LogP contribution >= 0.6 is 0 Å². The molecule has 2 fully saturated rings. The molecule has 1 aromatic carbocycles. The van der Waals surface area contributed by atoms with Crippen molar-refractivity contribution in [3.63, 3.8) is 0 Å². The van der Waals surface area contributed by atoms with Crippen molar-refractivity contribution >= 4 is 12.1 Å². The molecule has 1 N–H and O–H groups in total. The molecule has 1 aliphatic carbocycles. The number of benzene rings is 1. The standard InChI is InChI=1S/C20H29N3O2/c1-15-13-19(15)20(22-21-14-24)17-6-8-18(9-7-17)25-12-4-11-23-10-3-5-16(23)2/h6-9,14-16,19H,3-5,10-13H2,1-2H3,(H,21,24)/b22-20-/t15?,16-,19?/m1/s1. The van der Waals surface area contributed by atoms with Crippen LogP contribution in [0.1, 0.15) is 45.1 Å². The Morgan fingerprint density at radius 3 is 2.72 bits per heavy atom. The molecule has 1 saturated heterocycles. The number of ether oxygens (including phenoxy) is 1. The zero-order valence-electron chi connectivity index (χ0n) is 15.3. The van der Waals surface area contributed by atoms with E-state index in [9.17, 15) is 4.79 Å². The third-order valence-corrected chi connectivity index (χ3v) is 5.40. The molecule has 5 heteroatoms. The van der Waals surface area contributed by atoms with Gasteiger partial charge in [0.2, 0.25) is 6.41 Å². The first-order chi connectivity index (χ1) is 12.2. The van der Waals surface area contributed by atoms with E-state index in [1.54, 1.807) is 0 Å². The van der Waals surface area contributed by atoms with E-state index in [-0.39, 0.29) is 0 Å². The molecule has 3 atom stereocenters. The van der Waals surface area contributed by atoms with Gasteiger partial charge in [-0.05, 0) is 74.9 Å². The minimum atomic E-state index is 0.446. The van der Waals surface area contributed by atoms with Gasteiger partial charge in [0, 0.05) is 18.5 Å². The van der Waals surface area contributed by atoms with Crippen LogP contribution in [-0.4, -0.2) is 42.8 Å². The van der Waals surface area contributed by atoms with Gasteiger partial charge in [0.05, 0.1) is 12.3 Å². The second-order valence-electron chi connectivity index (χ2n) is 7.32. The quantitative estimate of drug-likeness (QED) is 0.324. The molecule has 0 radical (unpaired) electrons. The summed E-state index contributed by atoms with van der Waals surface area (Å²) >= 11 is 0. The van der Waals surface area contributed by atoms with Crippen molar-refractivity contribution < 1.29 is 9.53 Å². The fraction of sp³-hybridized carbons (Fsp3) is 0.600. The van der Waals surface area contributed by atoms with Gasteiger partial charge >= 0.3 is 0 Å². The van der Waals surface area contributed by atoms with E-state index in [2.05, 4.69) is 29.3 Å². The lowest BCUT2D eigenvalue weighted by Gasteiger charge is -2.20. The Morgan fingerprint density at radius 1 is 1.36 bits per heavy atom. The number of rotatable bonds is 9. The van der Waals surface area contributed by atoms with Gasteiger partial charge in [0.25, 0.3) is 0 Å². The molecular weight excluding hydrogens is 314 g/mol. The molecule has 1 saturated carbocycles. The summed E-state index contributed by atoms with van der Waals surface area (Å²) in [6, 6.07) is 8.79. The topological polar surface area (TPSA) is 53.9 Å². The number of hydrazone groups is 1. The van der Waals surface area contributed by atoms with E-state index >= 15 is 0 Å². The number of nitrogens with one attached hydrogen (secondary N) is 1. The first kappa shape index (κ1) is 17.9. The smallest absolute Gasteiger partial charge is 0.227 e. The normalized spacial score (nSPS) is 26.5. The highest BCUT2D eigenvalue weighted by atomic mass is 16.5. The van der Waals surface area contributed by atoms with Gasteiger partial charge in [-0.1, -0.05) is 6.92 Å². The van der Waals surface area contributed by atoms with Crippen molar-refractivity contribution in [1.29, 1.82) is 0 Å². The molecule has 0 bridgehead atoms. The van der Waals surface area contributed by atoms with Gasteiger partial charge in [0.15, 0.2) is 0 Å². The first-order valence-corrected chi connectivity index (χ1v) is 9.43. The summed E-state index contributed by atoms with van der Waals surface area (Å²) in [6.07, 6.45) is 5.46. The number of likely N-dealkylation sites (tertiary alicyclic amines) is 1. The van der Waals surface area contributed by atoms with Crippen LogP contribution in [0.2, 0.25) is 0 Å². The average molecular weight is 343 g/mol. The van der Waals surface area contributed by atoms with Crippen LogP contribution in [0.25, 0.3) is 0 Å². The molecular formula is C20H29N3O2. The van der Waals surface area contributed by atoms with Crippen LogP contribution in [0.3, 0.4) is 0 Å². The molecule has 25 heavy (non-hydrogen) atoms. The van der Waals surface area contributed by atoms with Crippen LogP contribution in [0, 0.1) is 11.8 Å². The highest BCUT2D eigenvalue weighted by molar-refractivity contribution is 6.04. The third kappa shape index (κ3) is 4.82.